The van der Waals surface area contributed by atoms with Crippen molar-refractivity contribution in [3.8, 4) is 0 Å². The van der Waals surface area contributed by atoms with Gasteiger partial charge < -0.3 is 0 Å². The Bertz CT molecular complexity index is 277. The highest BCUT2D eigenvalue weighted by Gasteiger charge is 2.35. The molecule has 0 aliphatic carbocycles. The molecule has 78 valence electrons. The Morgan fingerprint density at radius 1 is 1.46 bits per heavy atom. The average Bonchev–Trinajstić information content (AvgIpc) is 1.79. The first-order valence-corrected chi connectivity index (χ1v) is 6.90. The summed E-state index contributed by atoms with van der Waals surface area (Å²) in [6, 6.07) is 0.533. The van der Waals surface area contributed by atoms with Gasteiger partial charge in [0.15, 0.2) is 0 Å². The van der Waals surface area contributed by atoms with Crippen molar-refractivity contribution in [1.82, 2.24) is 4.90 Å². The molecule has 0 N–H and O–H groups in total. The molecule has 0 bridgehead atoms. The van der Waals surface area contributed by atoms with E-state index in [1.165, 1.54) is 0 Å². The fraction of sp³-hybridized carbons (Fsp3) is 0.900. The summed E-state index contributed by atoms with van der Waals surface area (Å²) in [5.74, 6) is 5.31. The molecule has 1 heterocycles. The molecule has 1 rings (SSSR count). The number of nitrogens with zero attached hydrogens (tertiary/aromatic N) is 1. The Morgan fingerprint density at radius 3 is 2.38 bits per heavy atom. The van der Waals surface area contributed by atoms with Gasteiger partial charge in [0.05, 0.1) is 0 Å². The van der Waals surface area contributed by atoms with Crippen LogP contribution in [0.1, 0.15) is 27.7 Å². The zero-order valence-electron chi connectivity index (χ0n) is 9.17. The molecule has 3 heteroatoms. The minimum absolute atomic E-state index is 0.0469. The molecule has 13 heavy (non-hydrogen) atoms. The fourth-order valence-electron chi connectivity index (χ4n) is 2.32. The lowest BCUT2D eigenvalue weighted by molar-refractivity contribution is 0.104. The van der Waals surface area contributed by atoms with E-state index >= 15 is 0 Å². The molecule has 1 unspecified atom stereocenters. The van der Waals surface area contributed by atoms with Crippen molar-refractivity contribution in [3.63, 3.8) is 0 Å². The largest absolute Gasteiger partial charge is 0.294 e. The van der Waals surface area contributed by atoms with Crippen LogP contribution in [0.5, 0.6) is 0 Å². The molecule has 0 spiro atoms. The summed E-state index contributed by atoms with van der Waals surface area (Å²) < 4.78 is 11.9. The third-order valence-corrected chi connectivity index (χ3v) is 4.88. The molecular formula is C10H21NOS. The van der Waals surface area contributed by atoms with E-state index in [2.05, 4.69) is 38.5 Å². The highest BCUT2D eigenvalue weighted by Crippen LogP contribution is 2.24. The molecule has 0 aromatic heterocycles. The first-order valence-electron chi connectivity index (χ1n) is 4.84. The standard InChI is InChI=1S/C10H21NOS/c1-9(2)11-6-7-13(5,12)8-10(11,3)4/h9H,5-8H2,1-4H3. The third-order valence-electron chi connectivity index (χ3n) is 2.72. The van der Waals surface area contributed by atoms with E-state index < -0.39 is 9.52 Å². The predicted octanol–water partition coefficient (Wildman–Crippen LogP) is 1.21. The van der Waals surface area contributed by atoms with Gasteiger partial charge in [-0.15, -0.1) is 0 Å². The molecule has 0 amide bonds. The maximum atomic E-state index is 11.9. The Hall–Kier alpha value is -0.0200. The fourth-order valence-corrected chi connectivity index (χ4v) is 4.45. The van der Waals surface area contributed by atoms with Crippen LogP contribution in [0.2, 0.25) is 0 Å². The van der Waals surface area contributed by atoms with Crippen LogP contribution in [0.25, 0.3) is 0 Å². The van der Waals surface area contributed by atoms with Crippen LogP contribution < -0.4 is 0 Å². The highest BCUT2D eigenvalue weighted by atomic mass is 32.2. The smallest absolute Gasteiger partial charge is 0.0339 e. The normalized spacial score (nSPS) is 35.2. The molecular weight excluding hydrogens is 182 g/mol. The summed E-state index contributed by atoms with van der Waals surface area (Å²) >= 11 is 0. The van der Waals surface area contributed by atoms with Crippen LogP contribution >= 0.6 is 0 Å². The Morgan fingerprint density at radius 2 is 2.00 bits per heavy atom. The van der Waals surface area contributed by atoms with Gasteiger partial charge >= 0.3 is 0 Å². The van der Waals surface area contributed by atoms with Crippen LogP contribution in [0.15, 0.2) is 0 Å². The average molecular weight is 203 g/mol. The molecule has 1 aliphatic rings. The van der Waals surface area contributed by atoms with Gasteiger partial charge in [-0.1, -0.05) is 0 Å². The van der Waals surface area contributed by atoms with Gasteiger partial charge in [0.1, 0.15) is 0 Å². The molecule has 2 nitrogen and oxygen atoms in total. The number of hydrogen-bond acceptors (Lipinski definition) is 2. The van der Waals surface area contributed by atoms with E-state index in [-0.39, 0.29) is 5.54 Å². The minimum Gasteiger partial charge on any atom is -0.294 e. The monoisotopic (exact) mass is 203 g/mol. The maximum absolute atomic E-state index is 11.9. The lowest BCUT2D eigenvalue weighted by atomic mass is 10.0. The van der Waals surface area contributed by atoms with Crippen molar-refractivity contribution in [2.75, 3.05) is 18.1 Å². The summed E-state index contributed by atoms with van der Waals surface area (Å²) in [5.41, 5.74) is 0.0469. The molecule has 0 aromatic carbocycles. The van der Waals surface area contributed by atoms with Crippen LogP contribution in [0, 0.1) is 0 Å². The van der Waals surface area contributed by atoms with E-state index in [0.717, 1.165) is 18.1 Å². The zero-order valence-corrected chi connectivity index (χ0v) is 9.99. The Balaban J connectivity index is 2.86. The zero-order chi connectivity index (χ0) is 10.3. The van der Waals surface area contributed by atoms with Gasteiger partial charge in [-0.2, -0.15) is 0 Å². The Kier molecular flexibility index (Phi) is 2.79. The minimum atomic E-state index is -1.80. The van der Waals surface area contributed by atoms with Crippen LogP contribution in [0.4, 0.5) is 0 Å². The van der Waals surface area contributed by atoms with Crippen molar-refractivity contribution in [1.29, 1.82) is 0 Å². The molecule has 0 aromatic rings. The van der Waals surface area contributed by atoms with Gasteiger partial charge in [0.25, 0.3) is 0 Å². The van der Waals surface area contributed by atoms with E-state index in [1.807, 2.05) is 0 Å². The third kappa shape index (κ3) is 2.47. The summed E-state index contributed by atoms with van der Waals surface area (Å²) in [6.45, 7) is 9.64. The van der Waals surface area contributed by atoms with E-state index in [1.54, 1.807) is 0 Å². The number of rotatable bonds is 1. The summed E-state index contributed by atoms with van der Waals surface area (Å²) in [6.07, 6.45) is 0. The lowest BCUT2D eigenvalue weighted by Gasteiger charge is -2.46. The Labute approximate surface area is 82.3 Å². The van der Waals surface area contributed by atoms with E-state index in [9.17, 15) is 4.21 Å². The van der Waals surface area contributed by atoms with Crippen molar-refractivity contribution in [3.05, 3.63) is 0 Å². The van der Waals surface area contributed by atoms with Gasteiger partial charge in [-0.3, -0.25) is 9.11 Å². The maximum Gasteiger partial charge on any atom is 0.0339 e. The van der Waals surface area contributed by atoms with E-state index in [0.29, 0.717) is 6.04 Å². The summed E-state index contributed by atoms with van der Waals surface area (Å²) in [7, 11) is -1.80. The molecule has 1 aliphatic heterocycles. The van der Waals surface area contributed by atoms with Crippen LogP contribution in [-0.4, -0.2) is 44.6 Å². The van der Waals surface area contributed by atoms with Crippen molar-refractivity contribution in [2.45, 2.75) is 39.3 Å². The SMILES string of the molecule is C=S1(=O)CCN(C(C)C)C(C)(C)C1. The van der Waals surface area contributed by atoms with Crippen molar-refractivity contribution in [2.24, 2.45) is 0 Å². The first-order chi connectivity index (χ1) is 5.75. The first kappa shape index (κ1) is 11.1. The quantitative estimate of drug-likeness (QED) is 0.597. The summed E-state index contributed by atoms with van der Waals surface area (Å²) in [4.78, 5) is 2.42. The summed E-state index contributed by atoms with van der Waals surface area (Å²) in [5, 5.41) is 0. The molecule has 1 atom stereocenters. The number of hydrogen-bond donors (Lipinski definition) is 0. The topological polar surface area (TPSA) is 20.3 Å². The van der Waals surface area contributed by atoms with Gasteiger partial charge in [0.2, 0.25) is 0 Å². The molecule has 0 saturated carbocycles. The van der Waals surface area contributed by atoms with Gasteiger partial charge in [-0.25, -0.2) is 0 Å². The van der Waals surface area contributed by atoms with Gasteiger partial charge in [0, 0.05) is 29.6 Å². The second kappa shape index (κ2) is 3.28. The molecule has 1 saturated heterocycles. The molecule has 1 fully saturated rings. The van der Waals surface area contributed by atoms with Crippen molar-refractivity contribution >= 4 is 15.4 Å². The van der Waals surface area contributed by atoms with E-state index in [4.69, 9.17) is 0 Å². The van der Waals surface area contributed by atoms with Gasteiger partial charge in [-0.05, 0) is 43.1 Å². The lowest BCUT2D eigenvalue weighted by Crippen LogP contribution is -2.57. The second-order valence-electron chi connectivity index (χ2n) is 4.91. The highest BCUT2D eigenvalue weighted by molar-refractivity contribution is 8.00. The predicted molar refractivity (Wildman–Crippen MR) is 60.9 cm³/mol. The second-order valence-corrected chi connectivity index (χ2v) is 7.54. The van der Waals surface area contributed by atoms with Crippen molar-refractivity contribution < 1.29 is 4.21 Å². The van der Waals surface area contributed by atoms with Crippen LogP contribution in [0.3, 0.4) is 0 Å². The molecule has 0 radical (unpaired) electrons. The van der Waals surface area contributed by atoms with Crippen LogP contribution in [-0.2, 0) is 9.52 Å².